The second kappa shape index (κ2) is 7.39. The molecule has 23 heavy (non-hydrogen) atoms. The zero-order valence-electron chi connectivity index (χ0n) is 12.3. The minimum absolute atomic E-state index is 0.0942. The molecule has 0 aliphatic carbocycles. The molecule has 0 saturated heterocycles. The Hall–Kier alpha value is -2.90. The first kappa shape index (κ1) is 16.5. The van der Waals surface area contributed by atoms with E-state index in [1.54, 1.807) is 12.1 Å². The maximum atomic E-state index is 13.7. The van der Waals surface area contributed by atoms with Gasteiger partial charge in [0.25, 0.3) is 0 Å². The smallest absolute Gasteiger partial charge is 0.239 e. The summed E-state index contributed by atoms with van der Waals surface area (Å²) < 4.78 is 32.2. The van der Waals surface area contributed by atoms with E-state index in [1.807, 2.05) is 0 Å². The van der Waals surface area contributed by atoms with Crippen LogP contribution in [0.25, 0.3) is 0 Å². The molecule has 2 amide bonds. The molecule has 8 heteroatoms. The quantitative estimate of drug-likeness (QED) is 0.761. The van der Waals surface area contributed by atoms with Gasteiger partial charge in [-0.25, -0.2) is 8.78 Å². The minimum atomic E-state index is -0.898. The third-order valence-corrected chi connectivity index (χ3v) is 2.85. The molecule has 122 valence electrons. The predicted molar refractivity (Wildman–Crippen MR) is 79.7 cm³/mol. The van der Waals surface area contributed by atoms with E-state index in [2.05, 4.69) is 16.0 Å². The molecule has 0 bridgehead atoms. The molecule has 0 saturated carbocycles. The number of halogens is 2. The predicted octanol–water partition coefficient (Wildman–Crippen LogP) is 2.24. The van der Waals surface area contributed by atoms with E-state index in [4.69, 9.17) is 4.42 Å². The number of carbonyl (C=O) groups is 2. The Balaban J connectivity index is 1.93. The van der Waals surface area contributed by atoms with E-state index in [1.165, 1.54) is 13.2 Å². The van der Waals surface area contributed by atoms with E-state index < -0.39 is 23.4 Å². The second-order valence-corrected chi connectivity index (χ2v) is 4.70. The molecular weight excluding hydrogens is 308 g/mol. The van der Waals surface area contributed by atoms with Crippen LogP contribution in [-0.2, 0) is 16.1 Å². The van der Waals surface area contributed by atoms with E-state index in [0.29, 0.717) is 11.8 Å². The molecular formula is C15H15F2N3O3. The van der Waals surface area contributed by atoms with Crippen LogP contribution in [0, 0.1) is 11.6 Å². The standard InChI is InChI=1S/C15H15F2N3O3/c1-9(21)20-14-6-13(11(16)5-12(14)17)18-8-15(22)19-7-10-3-2-4-23-10/h2-6,18H,7-8H2,1H3,(H,19,22)(H,20,21). The highest BCUT2D eigenvalue weighted by Crippen LogP contribution is 2.23. The fourth-order valence-electron chi connectivity index (χ4n) is 1.81. The van der Waals surface area contributed by atoms with Gasteiger partial charge in [0.2, 0.25) is 11.8 Å². The Morgan fingerprint density at radius 2 is 1.91 bits per heavy atom. The minimum Gasteiger partial charge on any atom is -0.467 e. The molecule has 1 aromatic carbocycles. The van der Waals surface area contributed by atoms with E-state index in [-0.39, 0.29) is 24.5 Å². The highest BCUT2D eigenvalue weighted by molar-refractivity contribution is 5.89. The van der Waals surface area contributed by atoms with Crippen molar-refractivity contribution in [3.05, 3.63) is 47.9 Å². The summed E-state index contributed by atoms with van der Waals surface area (Å²) in [7, 11) is 0. The van der Waals surface area contributed by atoms with Crippen molar-refractivity contribution in [2.45, 2.75) is 13.5 Å². The summed E-state index contributed by atoms with van der Waals surface area (Å²) in [5, 5.41) is 7.36. The summed E-state index contributed by atoms with van der Waals surface area (Å²) in [5.74, 6) is -2.07. The fourth-order valence-corrected chi connectivity index (χ4v) is 1.81. The molecule has 0 aliphatic rings. The maximum absolute atomic E-state index is 13.7. The van der Waals surface area contributed by atoms with Crippen LogP contribution in [0.3, 0.4) is 0 Å². The molecule has 2 aromatic rings. The van der Waals surface area contributed by atoms with Gasteiger partial charge < -0.3 is 20.4 Å². The highest BCUT2D eigenvalue weighted by atomic mass is 19.1. The van der Waals surface area contributed by atoms with Gasteiger partial charge in [-0.05, 0) is 18.2 Å². The first-order valence-corrected chi connectivity index (χ1v) is 6.75. The van der Waals surface area contributed by atoms with E-state index in [9.17, 15) is 18.4 Å². The number of hydrogen-bond donors (Lipinski definition) is 3. The molecule has 1 heterocycles. The lowest BCUT2D eigenvalue weighted by atomic mass is 10.2. The normalized spacial score (nSPS) is 10.2. The first-order chi connectivity index (χ1) is 11.0. The third-order valence-electron chi connectivity index (χ3n) is 2.85. The molecule has 0 unspecified atom stereocenters. The molecule has 0 radical (unpaired) electrons. The van der Waals surface area contributed by atoms with Crippen LogP contribution >= 0.6 is 0 Å². The summed E-state index contributed by atoms with van der Waals surface area (Å²) in [5.41, 5.74) is -0.263. The zero-order chi connectivity index (χ0) is 16.8. The summed E-state index contributed by atoms with van der Waals surface area (Å²) in [6.07, 6.45) is 1.48. The lowest BCUT2D eigenvalue weighted by molar-refractivity contribution is -0.119. The van der Waals surface area contributed by atoms with Crippen LogP contribution in [0.1, 0.15) is 12.7 Å². The van der Waals surface area contributed by atoms with Crippen LogP contribution in [0.2, 0.25) is 0 Å². The molecule has 0 atom stereocenters. The zero-order valence-corrected chi connectivity index (χ0v) is 12.3. The van der Waals surface area contributed by atoms with Gasteiger partial charge in [0.05, 0.1) is 30.7 Å². The number of carbonyl (C=O) groups excluding carboxylic acids is 2. The van der Waals surface area contributed by atoms with Crippen molar-refractivity contribution in [3.8, 4) is 0 Å². The lowest BCUT2D eigenvalue weighted by Gasteiger charge is -2.11. The van der Waals surface area contributed by atoms with Crippen molar-refractivity contribution in [1.82, 2.24) is 5.32 Å². The summed E-state index contributed by atoms with van der Waals surface area (Å²) in [6.45, 7) is 1.19. The first-order valence-electron chi connectivity index (χ1n) is 6.75. The highest BCUT2D eigenvalue weighted by Gasteiger charge is 2.12. The largest absolute Gasteiger partial charge is 0.467 e. The number of anilines is 2. The van der Waals surface area contributed by atoms with Crippen molar-refractivity contribution in [2.75, 3.05) is 17.2 Å². The number of hydrogen-bond acceptors (Lipinski definition) is 4. The number of nitrogens with one attached hydrogen (secondary N) is 3. The van der Waals surface area contributed by atoms with Crippen molar-refractivity contribution < 1.29 is 22.8 Å². The molecule has 0 fully saturated rings. The maximum Gasteiger partial charge on any atom is 0.239 e. The van der Waals surface area contributed by atoms with Crippen molar-refractivity contribution in [2.24, 2.45) is 0 Å². The second-order valence-electron chi connectivity index (χ2n) is 4.70. The molecule has 1 aromatic heterocycles. The van der Waals surface area contributed by atoms with Gasteiger partial charge in [0, 0.05) is 13.0 Å². The van der Waals surface area contributed by atoms with Crippen LogP contribution in [0.4, 0.5) is 20.2 Å². The number of rotatable bonds is 6. The molecule has 0 aliphatic heterocycles. The van der Waals surface area contributed by atoms with Gasteiger partial charge in [-0.15, -0.1) is 0 Å². The van der Waals surface area contributed by atoms with Crippen LogP contribution in [-0.4, -0.2) is 18.4 Å². The van der Waals surface area contributed by atoms with Gasteiger partial charge in [-0.2, -0.15) is 0 Å². The van der Waals surface area contributed by atoms with Gasteiger partial charge in [0.15, 0.2) is 0 Å². The van der Waals surface area contributed by atoms with Crippen molar-refractivity contribution >= 4 is 23.2 Å². The van der Waals surface area contributed by atoms with Gasteiger partial charge in [-0.3, -0.25) is 9.59 Å². The molecule has 3 N–H and O–H groups in total. The SMILES string of the molecule is CC(=O)Nc1cc(NCC(=O)NCc2ccco2)c(F)cc1F. The Morgan fingerprint density at radius 3 is 2.57 bits per heavy atom. The van der Waals surface area contributed by atoms with Gasteiger partial charge in [-0.1, -0.05) is 0 Å². The average Bonchev–Trinajstić information content (AvgIpc) is 2.99. The number of furan rings is 1. The van der Waals surface area contributed by atoms with Crippen LogP contribution in [0.15, 0.2) is 34.9 Å². The van der Waals surface area contributed by atoms with Gasteiger partial charge >= 0.3 is 0 Å². The fraction of sp³-hybridized carbons (Fsp3) is 0.200. The summed E-state index contributed by atoms with van der Waals surface area (Å²) >= 11 is 0. The van der Waals surface area contributed by atoms with E-state index in [0.717, 1.165) is 6.07 Å². The Labute approximate surface area is 130 Å². The van der Waals surface area contributed by atoms with Crippen LogP contribution in [0.5, 0.6) is 0 Å². The van der Waals surface area contributed by atoms with Crippen molar-refractivity contribution in [1.29, 1.82) is 0 Å². The monoisotopic (exact) mass is 323 g/mol. The third kappa shape index (κ3) is 4.80. The molecule has 0 spiro atoms. The molecule has 2 rings (SSSR count). The molecule has 6 nitrogen and oxygen atoms in total. The Bertz CT molecular complexity index is 702. The van der Waals surface area contributed by atoms with Gasteiger partial charge in [0.1, 0.15) is 17.4 Å². The average molecular weight is 323 g/mol. The Morgan fingerprint density at radius 1 is 1.17 bits per heavy atom. The summed E-state index contributed by atoms with van der Waals surface area (Å²) in [4.78, 5) is 22.6. The summed E-state index contributed by atoms with van der Waals surface area (Å²) in [6, 6.07) is 5.12. The van der Waals surface area contributed by atoms with Crippen LogP contribution < -0.4 is 16.0 Å². The topological polar surface area (TPSA) is 83.4 Å². The Kier molecular flexibility index (Phi) is 5.29. The van der Waals surface area contributed by atoms with Crippen molar-refractivity contribution in [3.63, 3.8) is 0 Å². The number of amides is 2. The number of benzene rings is 1. The van der Waals surface area contributed by atoms with E-state index >= 15 is 0 Å². The lowest BCUT2D eigenvalue weighted by Crippen LogP contribution is -2.29.